The highest BCUT2D eigenvalue weighted by atomic mass is 16.6. The topological polar surface area (TPSA) is 54.0 Å². The summed E-state index contributed by atoms with van der Waals surface area (Å²) in [6, 6.07) is 34.2. The molecule has 0 heterocycles. The average molecular weight is 621 g/mol. The Balaban J connectivity index is 1.40. The van der Waals surface area contributed by atoms with Crippen molar-refractivity contribution in [2.24, 2.45) is 5.41 Å². The van der Waals surface area contributed by atoms with E-state index in [1.54, 1.807) is 0 Å². The quantitative estimate of drug-likeness (QED) is 0.0862. The van der Waals surface area contributed by atoms with E-state index in [4.69, 9.17) is 18.9 Å². The lowest BCUT2D eigenvalue weighted by atomic mass is 9.68. The monoisotopic (exact) mass is 620 g/mol. The van der Waals surface area contributed by atoms with Crippen LogP contribution in [0.3, 0.4) is 0 Å². The molecule has 0 bridgehead atoms. The standard InChI is InChI=1S/C41H48O5/c1-7-25-39(3,4)38(42)45-27-26-43-32-21-17-30(18-22-32)41(36-15-11-9-13-34(36)35-14-10-12-16-37(35)41)31-19-23-33(24-20-31)44-28-29-46-40(5,6)8-2/h9-24H,7-8,25-29H2,1-6H3. The Kier molecular flexibility index (Phi) is 10.2. The Labute approximate surface area is 274 Å². The largest absolute Gasteiger partial charge is 0.491 e. The van der Waals surface area contributed by atoms with E-state index in [9.17, 15) is 4.79 Å². The SMILES string of the molecule is CCCC(C)(C)C(=O)OCCOc1ccc(C2(c3ccc(OCCOC(C)(C)CC)cc3)c3ccccc3-c3ccccc32)cc1. The van der Waals surface area contributed by atoms with Crippen molar-refractivity contribution in [2.75, 3.05) is 26.4 Å². The molecule has 242 valence electrons. The number of hydrogen-bond donors (Lipinski definition) is 0. The molecule has 5 nitrogen and oxygen atoms in total. The van der Waals surface area contributed by atoms with Gasteiger partial charge >= 0.3 is 5.97 Å². The van der Waals surface area contributed by atoms with Gasteiger partial charge in [-0.3, -0.25) is 4.79 Å². The molecule has 46 heavy (non-hydrogen) atoms. The minimum absolute atomic E-state index is 0.151. The van der Waals surface area contributed by atoms with Gasteiger partial charge in [-0.15, -0.1) is 0 Å². The van der Waals surface area contributed by atoms with E-state index < -0.39 is 10.8 Å². The summed E-state index contributed by atoms with van der Waals surface area (Å²) in [4.78, 5) is 12.5. The van der Waals surface area contributed by atoms with E-state index in [0.29, 0.717) is 19.8 Å². The molecule has 0 aromatic heterocycles. The summed E-state index contributed by atoms with van der Waals surface area (Å²) < 4.78 is 23.6. The first kappa shape index (κ1) is 33.3. The zero-order valence-electron chi connectivity index (χ0n) is 28.2. The van der Waals surface area contributed by atoms with Crippen LogP contribution >= 0.6 is 0 Å². The van der Waals surface area contributed by atoms with E-state index in [-0.39, 0.29) is 18.2 Å². The summed E-state index contributed by atoms with van der Waals surface area (Å²) in [6.45, 7) is 13.8. The highest BCUT2D eigenvalue weighted by Gasteiger charge is 2.45. The highest BCUT2D eigenvalue weighted by molar-refractivity contribution is 5.86. The van der Waals surface area contributed by atoms with Gasteiger partial charge in [-0.2, -0.15) is 0 Å². The Morgan fingerprint density at radius 2 is 1.11 bits per heavy atom. The molecular weight excluding hydrogens is 572 g/mol. The van der Waals surface area contributed by atoms with Gasteiger partial charge in [0.1, 0.15) is 31.3 Å². The second-order valence-corrected chi connectivity index (χ2v) is 13.3. The molecule has 0 radical (unpaired) electrons. The minimum Gasteiger partial charge on any atom is -0.491 e. The fourth-order valence-corrected chi connectivity index (χ4v) is 6.42. The fraction of sp³-hybridized carbons (Fsp3) is 0.390. The number of benzene rings is 4. The van der Waals surface area contributed by atoms with Gasteiger partial charge in [0.15, 0.2) is 0 Å². The molecule has 0 spiro atoms. The van der Waals surface area contributed by atoms with Crippen molar-refractivity contribution >= 4 is 5.97 Å². The molecule has 0 atom stereocenters. The minimum atomic E-state index is -0.515. The van der Waals surface area contributed by atoms with Gasteiger partial charge in [0.2, 0.25) is 0 Å². The van der Waals surface area contributed by atoms with E-state index >= 15 is 0 Å². The number of carbonyl (C=O) groups is 1. The second kappa shape index (κ2) is 14.1. The van der Waals surface area contributed by atoms with Gasteiger partial charge < -0.3 is 18.9 Å². The molecule has 0 aliphatic heterocycles. The Morgan fingerprint density at radius 3 is 1.59 bits per heavy atom. The Hall–Kier alpha value is -4.09. The van der Waals surface area contributed by atoms with Gasteiger partial charge in [-0.25, -0.2) is 0 Å². The van der Waals surface area contributed by atoms with E-state index in [2.05, 4.69) is 113 Å². The molecule has 0 fully saturated rings. The van der Waals surface area contributed by atoms with Crippen molar-refractivity contribution in [1.82, 2.24) is 0 Å². The molecule has 4 aromatic rings. The molecule has 5 heteroatoms. The van der Waals surface area contributed by atoms with Gasteiger partial charge in [-0.05, 0) is 98.2 Å². The lowest BCUT2D eigenvalue weighted by Gasteiger charge is -2.34. The van der Waals surface area contributed by atoms with Gasteiger partial charge in [-0.1, -0.05) is 93.1 Å². The molecule has 1 aliphatic rings. The van der Waals surface area contributed by atoms with Gasteiger partial charge in [0, 0.05) is 0 Å². The van der Waals surface area contributed by atoms with Crippen LogP contribution in [0.5, 0.6) is 11.5 Å². The van der Waals surface area contributed by atoms with Crippen molar-refractivity contribution < 1.29 is 23.7 Å². The maximum Gasteiger partial charge on any atom is 0.311 e. The van der Waals surface area contributed by atoms with Crippen LogP contribution in [0.4, 0.5) is 0 Å². The molecule has 5 rings (SSSR count). The smallest absolute Gasteiger partial charge is 0.311 e. The van der Waals surface area contributed by atoms with Crippen LogP contribution in [0.1, 0.15) is 83.1 Å². The first-order valence-corrected chi connectivity index (χ1v) is 16.6. The number of carbonyl (C=O) groups excluding carboxylic acids is 1. The van der Waals surface area contributed by atoms with Crippen molar-refractivity contribution in [2.45, 2.75) is 71.8 Å². The number of fused-ring (bicyclic) bond motifs is 3. The molecule has 0 N–H and O–H groups in total. The molecule has 4 aromatic carbocycles. The summed E-state index contributed by atoms with van der Waals surface area (Å²) in [5.74, 6) is 1.37. The Bertz CT molecular complexity index is 1560. The van der Waals surface area contributed by atoms with Crippen LogP contribution in [-0.2, 0) is 19.7 Å². The molecule has 0 amide bonds. The average Bonchev–Trinajstić information content (AvgIpc) is 3.37. The van der Waals surface area contributed by atoms with Gasteiger partial charge in [0.05, 0.1) is 23.0 Å². The lowest BCUT2D eigenvalue weighted by Crippen LogP contribution is -2.28. The van der Waals surface area contributed by atoms with Crippen LogP contribution in [-0.4, -0.2) is 38.0 Å². The second-order valence-electron chi connectivity index (χ2n) is 13.3. The van der Waals surface area contributed by atoms with Crippen LogP contribution in [0.25, 0.3) is 11.1 Å². The zero-order valence-corrected chi connectivity index (χ0v) is 28.2. The molecule has 0 saturated heterocycles. The normalized spacial score (nSPS) is 13.5. The Morgan fingerprint density at radius 1 is 0.630 bits per heavy atom. The first-order chi connectivity index (χ1) is 22.1. The van der Waals surface area contributed by atoms with E-state index in [0.717, 1.165) is 41.9 Å². The van der Waals surface area contributed by atoms with Crippen molar-refractivity contribution in [3.63, 3.8) is 0 Å². The zero-order chi connectivity index (χ0) is 32.8. The third-order valence-electron chi connectivity index (χ3n) is 9.24. The summed E-state index contributed by atoms with van der Waals surface area (Å²) >= 11 is 0. The number of rotatable bonds is 15. The number of hydrogen-bond acceptors (Lipinski definition) is 5. The maximum atomic E-state index is 12.5. The van der Waals surface area contributed by atoms with Crippen molar-refractivity contribution in [3.8, 4) is 22.6 Å². The summed E-state index contributed by atoms with van der Waals surface area (Å²) in [5, 5.41) is 0. The lowest BCUT2D eigenvalue weighted by molar-refractivity contribution is -0.155. The third-order valence-corrected chi connectivity index (χ3v) is 9.24. The van der Waals surface area contributed by atoms with Gasteiger partial charge in [0.25, 0.3) is 0 Å². The molecule has 0 unspecified atom stereocenters. The van der Waals surface area contributed by atoms with Crippen molar-refractivity contribution in [1.29, 1.82) is 0 Å². The summed E-state index contributed by atoms with van der Waals surface area (Å²) in [5.41, 5.74) is 6.13. The van der Waals surface area contributed by atoms with Crippen LogP contribution in [0.2, 0.25) is 0 Å². The van der Waals surface area contributed by atoms with E-state index in [1.165, 1.54) is 22.3 Å². The summed E-state index contributed by atoms with van der Waals surface area (Å²) in [6.07, 6.45) is 2.68. The third kappa shape index (κ3) is 6.85. The fourth-order valence-electron chi connectivity index (χ4n) is 6.42. The first-order valence-electron chi connectivity index (χ1n) is 16.6. The molecule has 0 saturated carbocycles. The molecular formula is C41H48O5. The predicted molar refractivity (Wildman–Crippen MR) is 185 cm³/mol. The van der Waals surface area contributed by atoms with Crippen LogP contribution in [0, 0.1) is 5.41 Å². The van der Waals surface area contributed by atoms with Crippen LogP contribution in [0.15, 0.2) is 97.1 Å². The highest BCUT2D eigenvalue weighted by Crippen LogP contribution is 2.56. The van der Waals surface area contributed by atoms with Crippen molar-refractivity contribution in [3.05, 3.63) is 119 Å². The number of esters is 1. The van der Waals surface area contributed by atoms with E-state index in [1.807, 2.05) is 26.0 Å². The molecule has 1 aliphatic carbocycles. The predicted octanol–water partition coefficient (Wildman–Crippen LogP) is 9.38. The summed E-state index contributed by atoms with van der Waals surface area (Å²) in [7, 11) is 0. The number of ether oxygens (including phenoxy) is 4. The maximum absolute atomic E-state index is 12.5. The van der Waals surface area contributed by atoms with Crippen LogP contribution < -0.4 is 9.47 Å².